The van der Waals surface area contributed by atoms with Crippen LogP contribution < -0.4 is 5.56 Å². The van der Waals surface area contributed by atoms with Gasteiger partial charge in [0.2, 0.25) is 0 Å². The van der Waals surface area contributed by atoms with E-state index in [2.05, 4.69) is 9.88 Å². The predicted octanol–water partition coefficient (Wildman–Crippen LogP) is 1.42. The number of hydrogen-bond donors (Lipinski definition) is 2. The van der Waals surface area contributed by atoms with E-state index in [1.807, 2.05) is 7.05 Å². The van der Waals surface area contributed by atoms with Gasteiger partial charge in [-0.3, -0.25) is 9.35 Å². The maximum absolute atomic E-state index is 11.8. The Labute approximate surface area is 126 Å². The number of likely N-dealkylation sites (N-methyl/N-ethyl adjacent to an activating group) is 1. The number of aromatic amines is 1. The summed E-state index contributed by atoms with van der Waals surface area (Å²) >= 11 is 6.24. The minimum atomic E-state index is -4.57. The van der Waals surface area contributed by atoms with E-state index in [1.54, 1.807) is 6.07 Å². The number of halogens is 1. The molecule has 8 heteroatoms. The van der Waals surface area contributed by atoms with Gasteiger partial charge >= 0.3 is 0 Å². The molecule has 0 atom stereocenters. The molecule has 0 saturated carbocycles. The SMILES string of the molecule is CN1CCc2c(Cl)cc3[nH]c(=O)c(S(=O)(=O)O)cc3c2C1. The number of aromatic nitrogens is 1. The van der Waals surface area contributed by atoms with Crippen LogP contribution in [0.1, 0.15) is 11.1 Å². The van der Waals surface area contributed by atoms with Gasteiger partial charge in [0, 0.05) is 23.5 Å². The summed E-state index contributed by atoms with van der Waals surface area (Å²) in [7, 11) is -2.62. The topological polar surface area (TPSA) is 90.5 Å². The van der Waals surface area contributed by atoms with Crippen LogP contribution in [-0.4, -0.2) is 36.4 Å². The first-order chi connectivity index (χ1) is 9.77. The molecular formula is C13H13ClN2O4S. The van der Waals surface area contributed by atoms with E-state index in [0.717, 1.165) is 24.1 Å². The summed E-state index contributed by atoms with van der Waals surface area (Å²) in [6.07, 6.45) is 0.751. The maximum Gasteiger partial charge on any atom is 0.300 e. The van der Waals surface area contributed by atoms with Crippen LogP contribution in [0.4, 0.5) is 0 Å². The zero-order valence-corrected chi connectivity index (χ0v) is 12.8. The highest BCUT2D eigenvalue weighted by Crippen LogP contribution is 2.32. The van der Waals surface area contributed by atoms with Crippen molar-refractivity contribution in [2.45, 2.75) is 17.9 Å². The number of nitrogens with zero attached hydrogens (tertiary/aromatic N) is 1. The quantitative estimate of drug-likeness (QED) is 0.773. The summed E-state index contributed by atoms with van der Waals surface area (Å²) in [6.45, 7) is 1.45. The summed E-state index contributed by atoms with van der Waals surface area (Å²) in [5.41, 5.74) is 1.44. The molecule has 0 saturated heterocycles. The highest BCUT2D eigenvalue weighted by molar-refractivity contribution is 7.85. The second-order valence-electron chi connectivity index (χ2n) is 5.20. The van der Waals surface area contributed by atoms with Crippen LogP contribution in [0.25, 0.3) is 10.9 Å². The molecule has 0 aliphatic carbocycles. The molecule has 0 unspecified atom stereocenters. The molecule has 0 spiro atoms. The molecule has 2 N–H and O–H groups in total. The Morgan fingerprint density at radius 2 is 2.05 bits per heavy atom. The first-order valence-electron chi connectivity index (χ1n) is 6.30. The van der Waals surface area contributed by atoms with Gasteiger partial charge < -0.3 is 9.88 Å². The van der Waals surface area contributed by atoms with Crippen molar-refractivity contribution in [2.75, 3.05) is 13.6 Å². The van der Waals surface area contributed by atoms with Crippen LogP contribution in [0.15, 0.2) is 21.8 Å². The third-order valence-corrected chi connectivity index (χ3v) is 4.93. The molecule has 0 radical (unpaired) electrons. The van der Waals surface area contributed by atoms with Crippen LogP contribution in [0.2, 0.25) is 5.02 Å². The Hall–Kier alpha value is -1.41. The fourth-order valence-corrected chi connectivity index (χ4v) is 3.57. The number of rotatable bonds is 1. The monoisotopic (exact) mass is 328 g/mol. The third kappa shape index (κ3) is 2.46. The van der Waals surface area contributed by atoms with Crippen molar-refractivity contribution in [3.63, 3.8) is 0 Å². The fourth-order valence-electron chi connectivity index (χ4n) is 2.70. The molecule has 2 heterocycles. The number of benzene rings is 1. The van der Waals surface area contributed by atoms with Crippen molar-refractivity contribution in [3.8, 4) is 0 Å². The van der Waals surface area contributed by atoms with E-state index in [-0.39, 0.29) is 0 Å². The van der Waals surface area contributed by atoms with Crippen LogP contribution in [0.5, 0.6) is 0 Å². The molecule has 1 aliphatic heterocycles. The van der Waals surface area contributed by atoms with Crippen molar-refractivity contribution in [3.05, 3.63) is 38.6 Å². The Kier molecular flexibility index (Phi) is 3.32. The molecule has 0 bridgehead atoms. The summed E-state index contributed by atoms with van der Waals surface area (Å²) < 4.78 is 31.7. The summed E-state index contributed by atoms with van der Waals surface area (Å²) in [5, 5.41) is 1.15. The fraction of sp³-hybridized carbons (Fsp3) is 0.308. The van der Waals surface area contributed by atoms with Crippen molar-refractivity contribution in [1.29, 1.82) is 0 Å². The smallest absolute Gasteiger partial charge is 0.300 e. The molecule has 3 rings (SSSR count). The second kappa shape index (κ2) is 4.81. The molecule has 1 aromatic carbocycles. The normalized spacial score (nSPS) is 16.1. The van der Waals surface area contributed by atoms with Gasteiger partial charge in [-0.25, -0.2) is 0 Å². The van der Waals surface area contributed by atoms with E-state index in [4.69, 9.17) is 16.2 Å². The number of nitrogens with one attached hydrogen (secondary N) is 1. The Balaban J connectivity index is 2.41. The van der Waals surface area contributed by atoms with Crippen molar-refractivity contribution < 1.29 is 13.0 Å². The molecule has 1 aromatic heterocycles. The highest BCUT2D eigenvalue weighted by atomic mass is 35.5. The average molecular weight is 329 g/mol. The largest absolute Gasteiger partial charge is 0.321 e. The first-order valence-corrected chi connectivity index (χ1v) is 8.12. The van der Waals surface area contributed by atoms with E-state index >= 15 is 0 Å². The minimum Gasteiger partial charge on any atom is -0.321 e. The van der Waals surface area contributed by atoms with Crippen molar-refractivity contribution in [2.24, 2.45) is 0 Å². The van der Waals surface area contributed by atoms with Crippen LogP contribution in [0.3, 0.4) is 0 Å². The second-order valence-corrected chi connectivity index (χ2v) is 7.00. The van der Waals surface area contributed by atoms with E-state index < -0.39 is 20.6 Å². The molecule has 2 aromatic rings. The average Bonchev–Trinajstić information content (AvgIpc) is 2.36. The zero-order valence-electron chi connectivity index (χ0n) is 11.2. The van der Waals surface area contributed by atoms with Crippen molar-refractivity contribution >= 4 is 32.6 Å². The zero-order chi connectivity index (χ0) is 15.4. The highest BCUT2D eigenvalue weighted by Gasteiger charge is 2.22. The van der Waals surface area contributed by atoms with Gasteiger partial charge in [-0.15, -0.1) is 0 Å². The molecule has 0 amide bonds. The number of fused-ring (bicyclic) bond motifs is 3. The standard InChI is InChI=1S/C13H13ClN2O4S/c1-16-3-2-7-9(6-16)8-4-12(21(18,19)20)13(17)15-11(8)5-10(7)14/h4-5H,2-3,6H2,1H3,(H,15,17)(H,18,19,20). The van der Waals surface area contributed by atoms with Gasteiger partial charge in [0.1, 0.15) is 0 Å². The van der Waals surface area contributed by atoms with Gasteiger partial charge in [0.15, 0.2) is 4.90 Å². The Morgan fingerprint density at radius 3 is 2.71 bits per heavy atom. The van der Waals surface area contributed by atoms with Gasteiger partial charge in [-0.05, 0) is 36.7 Å². The van der Waals surface area contributed by atoms with E-state index in [1.165, 1.54) is 6.07 Å². The molecule has 112 valence electrons. The predicted molar refractivity (Wildman–Crippen MR) is 79.4 cm³/mol. The third-order valence-electron chi connectivity index (χ3n) is 3.74. The van der Waals surface area contributed by atoms with Gasteiger partial charge in [-0.1, -0.05) is 11.6 Å². The minimum absolute atomic E-state index is 0.464. The lowest BCUT2D eigenvalue weighted by Gasteiger charge is -2.27. The Bertz CT molecular complexity index is 905. The Morgan fingerprint density at radius 1 is 1.33 bits per heavy atom. The summed E-state index contributed by atoms with van der Waals surface area (Å²) in [5.74, 6) is 0. The lowest BCUT2D eigenvalue weighted by Crippen LogP contribution is -2.27. The number of pyridine rings is 1. The maximum atomic E-state index is 11.8. The van der Waals surface area contributed by atoms with Gasteiger partial charge in [-0.2, -0.15) is 8.42 Å². The molecule has 21 heavy (non-hydrogen) atoms. The molecular weight excluding hydrogens is 316 g/mol. The van der Waals surface area contributed by atoms with Gasteiger partial charge in [0.25, 0.3) is 15.7 Å². The lowest BCUT2D eigenvalue weighted by atomic mass is 9.96. The van der Waals surface area contributed by atoms with Crippen LogP contribution in [0, 0.1) is 0 Å². The van der Waals surface area contributed by atoms with E-state index in [0.29, 0.717) is 22.5 Å². The van der Waals surface area contributed by atoms with Gasteiger partial charge in [0.05, 0.1) is 5.52 Å². The number of H-pyrrole nitrogens is 1. The number of hydrogen-bond acceptors (Lipinski definition) is 4. The summed E-state index contributed by atoms with van der Waals surface area (Å²) in [4.78, 5) is 15.7. The van der Waals surface area contributed by atoms with Crippen LogP contribution in [-0.2, 0) is 23.1 Å². The molecule has 0 fully saturated rings. The van der Waals surface area contributed by atoms with E-state index in [9.17, 15) is 13.2 Å². The molecule has 1 aliphatic rings. The van der Waals surface area contributed by atoms with Crippen LogP contribution >= 0.6 is 11.6 Å². The lowest BCUT2D eigenvalue weighted by molar-refractivity contribution is 0.314. The first kappa shape index (κ1) is 14.5. The molecule has 6 nitrogen and oxygen atoms in total. The summed E-state index contributed by atoms with van der Waals surface area (Å²) in [6, 6.07) is 2.84. The van der Waals surface area contributed by atoms with Crippen molar-refractivity contribution in [1.82, 2.24) is 9.88 Å².